The average Bonchev–Trinajstić information content (AvgIpc) is 3.02. The third-order valence-electron chi connectivity index (χ3n) is 5.48. The van der Waals surface area contributed by atoms with E-state index >= 15 is 0 Å². The first-order valence-electron chi connectivity index (χ1n) is 9.08. The van der Waals surface area contributed by atoms with Crippen LogP contribution in [0.25, 0.3) is 10.9 Å². The van der Waals surface area contributed by atoms with Crippen molar-refractivity contribution in [2.24, 2.45) is 0 Å². The molecule has 24 heavy (non-hydrogen) atoms. The van der Waals surface area contributed by atoms with Crippen LogP contribution in [0.2, 0.25) is 0 Å². The van der Waals surface area contributed by atoms with Gasteiger partial charge in [-0.05, 0) is 67.4 Å². The summed E-state index contributed by atoms with van der Waals surface area (Å²) in [5.41, 5.74) is 6.83. The first kappa shape index (κ1) is 15.5. The predicted octanol–water partition coefficient (Wildman–Crippen LogP) is 5.51. The van der Waals surface area contributed by atoms with Crippen molar-refractivity contribution < 1.29 is 0 Å². The largest absolute Gasteiger partial charge is 0.357 e. The molecular weight excluding hydrogens is 292 g/mol. The predicted molar refractivity (Wildman–Crippen MR) is 101 cm³/mol. The number of H-pyrrole nitrogens is 1. The van der Waals surface area contributed by atoms with Crippen LogP contribution in [0.4, 0.5) is 0 Å². The lowest BCUT2D eigenvalue weighted by molar-refractivity contribution is 0.138. The van der Waals surface area contributed by atoms with Gasteiger partial charge in [0.25, 0.3) is 0 Å². The monoisotopic (exact) mass is 318 g/mol. The van der Waals surface area contributed by atoms with Crippen LogP contribution < -0.4 is 0 Å². The quantitative estimate of drug-likeness (QED) is 0.674. The van der Waals surface area contributed by atoms with Gasteiger partial charge in [0.1, 0.15) is 0 Å². The smallest absolute Gasteiger partial charge is 0.0502 e. The van der Waals surface area contributed by atoms with Crippen molar-refractivity contribution in [3.05, 3.63) is 70.9 Å². The summed E-state index contributed by atoms with van der Waals surface area (Å²) in [7, 11) is 0. The fraction of sp³-hybridized carbons (Fsp3) is 0.364. The van der Waals surface area contributed by atoms with Crippen LogP contribution in [-0.2, 0) is 6.54 Å². The molecule has 1 aromatic heterocycles. The second kappa shape index (κ2) is 6.45. The van der Waals surface area contributed by atoms with Crippen LogP contribution in [0.1, 0.15) is 47.7 Å². The minimum Gasteiger partial charge on any atom is -0.357 e. The Hall–Kier alpha value is -2.06. The van der Waals surface area contributed by atoms with E-state index in [1.165, 1.54) is 59.1 Å². The SMILES string of the molecule is Cc1ccc(CN2CCCCC2c2cc3ccccc3[nH]2)cc1C. The minimum absolute atomic E-state index is 0.507. The van der Waals surface area contributed by atoms with Crippen molar-refractivity contribution in [3.63, 3.8) is 0 Å². The number of hydrogen-bond donors (Lipinski definition) is 1. The molecular formula is C22H26N2. The molecule has 1 fully saturated rings. The number of benzene rings is 2. The Balaban J connectivity index is 1.61. The van der Waals surface area contributed by atoms with Crippen LogP contribution >= 0.6 is 0 Å². The van der Waals surface area contributed by atoms with E-state index in [2.05, 4.69) is 72.3 Å². The van der Waals surface area contributed by atoms with Crippen LogP contribution in [0, 0.1) is 13.8 Å². The molecule has 2 heterocycles. The zero-order valence-electron chi connectivity index (χ0n) is 14.7. The summed E-state index contributed by atoms with van der Waals surface area (Å²) in [6.07, 6.45) is 3.88. The molecule has 3 aromatic rings. The number of likely N-dealkylation sites (tertiary alicyclic amines) is 1. The summed E-state index contributed by atoms with van der Waals surface area (Å²) in [4.78, 5) is 6.31. The Kier molecular flexibility index (Phi) is 4.15. The van der Waals surface area contributed by atoms with Crippen molar-refractivity contribution in [1.82, 2.24) is 9.88 Å². The third-order valence-corrected chi connectivity index (χ3v) is 5.48. The lowest BCUT2D eigenvalue weighted by atomic mass is 9.97. The summed E-state index contributed by atoms with van der Waals surface area (Å²) in [6, 6.07) is 18.4. The van der Waals surface area contributed by atoms with E-state index in [-0.39, 0.29) is 0 Å². The molecule has 2 nitrogen and oxygen atoms in total. The van der Waals surface area contributed by atoms with Gasteiger partial charge in [0.15, 0.2) is 0 Å². The average molecular weight is 318 g/mol. The van der Waals surface area contributed by atoms with E-state index in [0.29, 0.717) is 6.04 Å². The van der Waals surface area contributed by atoms with E-state index in [0.717, 1.165) is 6.54 Å². The van der Waals surface area contributed by atoms with E-state index in [9.17, 15) is 0 Å². The van der Waals surface area contributed by atoms with Crippen LogP contribution in [-0.4, -0.2) is 16.4 Å². The molecule has 0 amide bonds. The maximum Gasteiger partial charge on any atom is 0.0502 e. The molecule has 0 radical (unpaired) electrons. The highest BCUT2D eigenvalue weighted by Gasteiger charge is 2.25. The van der Waals surface area contributed by atoms with Gasteiger partial charge in [-0.15, -0.1) is 0 Å². The lowest BCUT2D eigenvalue weighted by Gasteiger charge is -2.35. The maximum atomic E-state index is 3.66. The maximum absolute atomic E-state index is 3.66. The number of aromatic nitrogens is 1. The number of nitrogens with one attached hydrogen (secondary N) is 1. The van der Waals surface area contributed by atoms with Gasteiger partial charge in [-0.2, -0.15) is 0 Å². The van der Waals surface area contributed by atoms with Gasteiger partial charge in [-0.3, -0.25) is 4.90 Å². The first-order chi connectivity index (χ1) is 11.7. The number of aromatic amines is 1. The fourth-order valence-corrected chi connectivity index (χ4v) is 3.94. The molecule has 1 unspecified atom stereocenters. The number of aryl methyl sites for hydroxylation is 2. The number of rotatable bonds is 3. The molecule has 0 bridgehead atoms. The van der Waals surface area contributed by atoms with Gasteiger partial charge in [-0.25, -0.2) is 0 Å². The van der Waals surface area contributed by atoms with Crippen molar-refractivity contribution in [3.8, 4) is 0 Å². The van der Waals surface area contributed by atoms with Crippen LogP contribution in [0.15, 0.2) is 48.5 Å². The third kappa shape index (κ3) is 2.99. The standard InChI is InChI=1S/C22H26N2/c1-16-10-11-18(13-17(16)2)15-24-12-6-5-9-22(24)21-14-19-7-3-4-8-20(19)23-21/h3-4,7-8,10-11,13-14,22-23H,5-6,9,12,15H2,1-2H3. The van der Waals surface area contributed by atoms with Crippen molar-refractivity contribution in [1.29, 1.82) is 0 Å². The second-order valence-electron chi connectivity index (χ2n) is 7.21. The molecule has 1 aliphatic heterocycles. The zero-order chi connectivity index (χ0) is 16.5. The number of piperidine rings is 1. The molecule has 2 aromatic carbocycles. The van der Waals surface area contributed by atoms with Crippen molar-refractivity contribution in [2.45, 2.75) is 45.7 Å². The molecule has 1 atom stereocenters. The number of fused-ring (bicyclic) bond motifs is 1. The van der Waals surface area contributed by atoms with Gasteiger partial charge in [0.05, 0.1) is 6.04 Å². The Morgan fingerprint density at radius 3 is 2.71 bits per heavy atom. The van der Waals surface area contributed by atoms with Crippen LogP contribution in [0.3, 0.4) is 0 Å². The molecule has 0 aliphatic carbocycles. The molecule has 1 aliphatic rings. The van der Waals surface area contributed by atoms with E-state index in [4.69, 9.17) is 0 Å². The molecule has 1 saturated heterocycles. The molecule has 0 spiro atoms. The Morgan fingerprint density at radius 2 is 1.88 bits per heavy atom. The number of nitrogens with zero attached hydrogens (tertiary/aromatic N) is 1. The molecule has 124 valence electrons. The van der Waals surface area contributed by atoms with Crippen molar-refractivity contribution in [2.75, 3.05) is 6.54 Å². The minimum atomic E-state index is 0.507. The molecule has 1 N–H and O–H groups in total. The highest BCUT2D eigenvalue weighted by molar-refractivity contribution is 5.80. The highest BCUT2D eigenvalue weighted by Crippen LogP contribution is 2.33. The van der Waals surface area contributed by atoms with E-state index in [1.54, 1.807) is 0 Å². The number of hydrogen-bond acceptors (Lipinski definition) is 1. The normalized spacial score (nSPS) is 19.0. The summed E-state index contributed by atoms with van der Waals surface area (Å²) >= 11 is 0. The molecule has 4 rings (SSSR count). The summed E-state index contributed by atoms with van der Waals surface area (Å²) in [6.45, 7) is 6.63. The lowest BCUT2D eigenvalue weighted by Crippen LogP contribution is -2.33. The van der Waals surface area contributed by atoms with E-state index in [1.807, 2.05) is 0 Å². The van der Waals surface area contributed by atoms with Crippen molar-refractivity contribution >= 4 is 10.9 Å². The van der Waals surface area contributed by atoms with E-state index < -0.39 is 0 Å². The highest BCUT2D eigenvalue weighted by atomic mass is 15.2. The summed E-state index contributed by atoms with van der Waals surface area (Å²) in [5, 5.41) is 1.32. The van der Waals surface area contributed by atoms with Gasteiger partial charge < -0.3 is 4.98 Å². The fourth-order valence-electron chi connectivity index (χ4n) is 3.94. The summed E-state index contributed by atoms with van der Waals surface area (Å²) in [5.74, 6) is 0. The Labute approximate surface area is 144 Å². The number of para-hydroxylation sites is 1. The van der Waals surface area contributed by atoms with Crippen LogP contribution in [0.5, 0.6) is 0 Å². The Morgan fingerprint density at radius 1 is 1.00 bits per heavy atom. The zero-order valence-corrected chi connectivity index (χ0v) is 14.7. The molecule has 2 heteroatoms. The summed E-state index contributed by atoms with van der Waals surface area (Å²) < 4.78 is 0. The second-order valence-corrected chi connectivity index (χ2v) is 7.21. The first-order valence-corrected chi connectivity index (χ1v) is 9.08. The molecule has 0 saturated carbocycles. The van der Waals surface area contributed by atoms with Gasteiger partial charge in [0.2, 0.25) is 0 Å². The van der Waals surface area contributed by atoms with Gasteiger partial charge >= 0.3 is 0 Å². The van der Waals surface area contributed by atoms with Gasteiger partial charge in [-0.1, -0.05) is 42.8 Å². The topological polar surface area (TPSA) is 19.0 Å². The Bertz CT molecular complexity index is 813. The van der Waals surface area contributed by atoms with Gasteiger partial charge in [0, 0.05) is 17.8 Å².